The number of allylic oxidation sites excluding steroid dienone is 2. The molecule has 5 nitrogen and oxygen atoms in total. The number of piperidine rings is 1. The Labute approximate surface area is 160 Å². The Hall–Kier alpha value is -2.79. The van der Waals surface area contributed by atoms with Crippen molar-refractivity contribution in [3.8, 4) is 5.75 Å². The normalized spacial score (nSPS) is 19.4. The van der Waals surface area contributed by atoms with Gasteiger partial charge in [-0.2, -0.15) is 0 Å². The van der Waals surface area contributed by atoms with Gasteiger partial charge < -0.3 is 15.0 Å². The molecule has 4 rings (SSSR count). The quantitative estimate of drug-likeness (QED) is 0.827. The Morgan fingerprint density at radius 2 is 2.04 bits per heavy atom. The van der Waals surface area contributed by atoms with Crippen molar-refractivity contribution in [2.75, 3.05) is 20.2 Å². The van der Waals surface area contributed by atoms with E-state index in [1.54, 1.807) is 7.11 Å². The van der Waals surface area contributed by atoms with Crippen LogP contribution in [0.3, 0.4) is 0 Å². The van der Waals surface area contributed by atoms with Crippen molar-refractivity contribution in [3.63, 3.8) is 0 Å². The minimum absolute atomic E-state index is 0.516. The van der Waals surface area contributed by atoms with Gasteiger partial charge in [-0.25, -0.2) is 4.99 Å². The van der Waals surface area contributed by atoms with E-state index in [9.17, 15) is 0 Å². The maximum Gasteiger partial charge on any atom is 0.136 e. The fourth-order valence-electron chi connectivity index (χ4n) is 3.55. The first kappa shape index (κ1) is 17.6. The van der Waals surface area contributed by atoms with Crippen molar-refractivity contribution < 1.29 is 4.74 Å². The highest BCUT2D eigenvalue weighted by Gasteiger charge is 2.18. The van der Waals surface area contributed by atoms with Gasteiger partial charge in [0.15, 0.2) is 0 Å². The molecule has 27 heavy (non-hydrogen) atoms. The molecule has 2 N–H and O–H groups in total. The summed E-state index contributed by atoms with van der Waals surface area (Å²) in [6.07, 6.45) is 10.3. The summed E-state index contributed by atoms with van der Waals surface area (Å²) in [4.78, 5) is 10.4. The van der Waals surface area contributed by atoms with E-state index in [4.69, 9.17) is 4.74 Å². The van der Waals surface area contributed by atoms with Gasteiger partial charge >= 0.3 is 0 Å². The number of aromatic nitrogens is 1. The van der Waals surface area contributed by atoms with Gasteiger partial charge in [0, 0.05) is 44.1 Å². The number of benzene rings is 1. The van der Waals surface area contributed by atoms with Crippen LogP contribution in [0.5, 0.6) is 5.75 Å². The van der Waals surface area contributed by atoms with Gasteiger partial charge in [0.05, 0.1) is 24.2 Å². The first-order chi connectivity index (χ1) is 13.3. The third-order valence-electron chi connectivity index (χ3n) is 5.13. The predicted molar refractivity (Wildman–Crippen MR) is 109 cm³/mol. The molecule has 0 bridgehead atoms. The van der Waals surface area contributed by atoms with E-state index in [1.807, 2.05) is 30.6 Å². The number of nitrogens with one attached hydrogen (secondary N) is 2. The zero-order chi connectivity index (χ0) is 18.5. The lowest BCUT2D eigenvalue weighted by Gasteiger charge is -2.32. The van der Waals surface area contributed by atoms with E-state index in [1.165, 1.54) is 5.56 Å². The predicted octanol–water partition coefficient (Wildman–Crippen LogP) is 3.48. The molecule has 0 unspecified atom stereocenters. The molecule has 3 heterocycles. The van der Waals surface area contributed by atoms with Gasteiger partial charge in [-0.3, -0.25) is 4.90 Å². The Morgan fingerprint density at radius 3 is 2.78 bits per heavy atom. The van der Waals surface area contributed by atoms with E-state index in [0.29, 0.717) is 6.04 Å². The van der Waals surface area contributed by atoms with Crippen LogP contribution in [0.2, 0.25) is 0 Å². The van der Waals surface area contributed by atoms with Gasteiger partial charge in [0.25, 0.3) is 0 Å². The van der Waals surface area contributed by atoms with Crippen LogP contribution < -0.4 is 10.1 Å². The summed E-state index contributed by atoms with van der Waals surface area (Å²) in [5, 5.41) is 3.55. The van der Waals surface area contributed by atoms with Crippen LogP contribution in [0.25, 0.3) is 0 Å². The molecular weight excluding hydrogens is 336 g/mol. The van der Waals surface area contributed by atoms with Crippen molar-refractivity contribution in [2.24, 2.45) is 4.99 Å². The molecule has 0 spiro atoms. The third kappa shape index (κ3) is 4.49. The number of aromatic amines is 1. The van der Waals surface area contributed by atoms with Crippen molar-refractivity contribution >= 4 is 5.71 Å². The molecule has 1 saturated heterocycles. The molecule has 1 fully saturated rings. The molecule has 0 aliphatic carbocycles. The van der Waals surface area contributed by atoms with Gasteiger partial charge in [-0.1, -0.05) is 30.3 Å². The SMILES string of the molecule is COc1c[nH]c(C2=NC(=CNC3CCN(Cc4ccccc4)CC3)C=C2)c1. The molecule has 5 heteroatoms. The average Bonchev–Trinajstić information content (AvgIpc) is 3.37. The van der Waals surface area contributed by atoms with Crippen molar-refractivity contribution in [3.05, 3.63) is 77.9 Å². The molecule has 2 aliphatic heterocycles. The van der Waals surface area contributed by atoms with Crippen LogP contribution in [0, 0.1) is 0 Å². The smallest absolute Gasteiger partial charge is 0.136 e. The minimum Gasteiger partial charge on any atom is -0.495 e. The summed E-state index contributed by atoms with van der Waals surface area (Å²) in [5.74, 6) is 0.818. The highest BCUT2D eigenvalue weighted by molar-refractivity contribution is 6.10. The largest absolute Gasteiger partial charge is 0.495 e. The molecule has 0 radical (unpaired) electrons. The van der Waals surface area contributed by atoms with Crippen LogP contribution in [-0.2, 0) is 6.54 Å². The second kappa shape index (κ2) is 8.27. The molecule has 0 saturated carbocycles. The monoisotopic (exact) mass is 362 g/mol. The summed E-state index contributed by atoms with van der Waals surface area (Å²) < 4.78 is 5.21. The zero-order valence-electron chi connectivity index (χ0n) is 15.7. The summed E-state index contributed by atoms with van der Waals surface area (Å²) in [7, 11) is 1.67. The number of aliphatic imine (C=N–C) groups is 1. The van der Waals surface area contributed by atoms with Crippen LogP contribution >= 0.6 is 0 Å². The van der Waals surface area contributed by atoms with Crippen LogP contribution in [0.1, 0.15) is 24.1 Å². The van der Waals surface area contributed by atoms with Crippen LogP contribution in [0.4, 0.5) is 0 Å². The van der Waals surface area contributed by atoms with Crippen molar-refractivity contribution in [1.29, 1.82) is 0 Å². The highest BCUT2D eigenvalue weighted by Crippen LogP contribution is 2.18. The molecule has 2 aliphatic rings. The number of nitrogens with zero attached hydrogens (tertiary/aromatic N) is 2. The Balaban J connectivity index is 1.27. The number of hydrogen-bond donors (Lipinski definition) is 2. The summed E-state index contributed by atoms with van der Waals surface area (Å²) >= 11 is 0. The lowest BCUT2D eigenvalue weighted by molar-refractivity contribution is 0.197. The maximum atomic E-state index is 5.21. The Morgan fingerprint density at radius 1 is 1.22 bits per heavy atom. The number of H-pyrrole nitrogens is 1. The standard InChI is InChI=1S/C22H26N4O/c1-27-20-13-22(24-15-20)21-8-7-19(25-21)14-23-18-9-11-26(12-10-18)16-17-5-3-2-4-6-17/h2-8,13-15,18,23-24H,9-12,16H2,1H3. The minimum atomic E-state index is 0.516. The van der Waals surface area contributed by atoms with Crippen LogP contribution in [-0.4, -0.2) is 41.8 Å². The number of rotatable bonds is 6. The lowest BCUT2D eigenvalue weighted by Crippen LogP contribution is -2.40. The summed E-state index contributed by atoms with van der Waals surface area (Å²) in [5.41, 5.74) is 4.26. The fraction of sp³-hybridized carbons (Fsp3) is 0.318. The van der Waals surface area contributed by atoms with Gasteiger partial charge in [0.2, 0.25) is 0 Å². The average molecular weight is 362 g/mol. The first-order valence-electron chi connectivity index (χ1n) is 9.52. The Bertz CT molecular complexity index is 842. The molecule has 0 atom stereocenters. The number of likely N-dealkylation sites (tertiary alicyclic amines) is 1. The lowest BCUT2D eigenvalue weighted by atomic mass is 10.0. The molecule has 1 aromatic carbocycles. The van der Waals surface area contributed by atoms with E-state index >= 15 is 0 Å². The molecule has 0 amide bonds. The van der Waals surface area contributed by atoms with Gasteiger partial charge in [0.1, 0.15) is 5.75 Å². The number of hydrogen-bond acceptors (Lipinski definition) is 4. The topological polar surface area (TPSA) is 52.6 Å². The summed E-state index contributed by atoms with van der Waals surface area (Å²) in [6.45, 7) is 3.30. The number of methoxy groups -OCH3 is 1. The summed E-state index contributed by atoms with van der Waals surface area (Å²) in [6, 6.07) is 13.2. The van der Waals surface area contributed by atoms with Crippen LogP contribution in [0.15, 0.2) is 71.6 Å². The van der Waals surface area contributed by atoms with E-state index < -0.39 is 0 Å². The van der Waals surface area contributed by atoms with Gasteiger partial charge in [-0.05, 0) is 30.6 Å². The first-order valence-corrected chi connectivity index (χ1v) is 9.52. The second-order valence-corrected chi connectivity index (χ2v) is 7.06. The Kier molecular flexibility index (Phi) is 5.39. The zero-order valence-corrected chi connectivity index (χ0v) is 15.7. The van der Waals surface area contributed by atoms with E-state index in [2.05, 4.69) is 50.5 Å². The molecule has 140 valence electrons. The molecular formula is C22H26N4O. The van der Waals surface area contributed by atoms with E-state index in [0.717, 1.165) is 55.3 Å². The fourth-order valence-corrected chi connectivity index (χ4v) is 3.55. The van der Waals surface area contributed by atoms with Crippen molar-refractivity contribution in [2.45, 2.75) is 25.4 Å². The molecule has 2 aromatic rings. The highest BCUT2D eigenvalue weighted by atomic mass is 16.5. The third-order valence-corrected chi connectivity index (χ3v) is 5.13. The molecule has 1 aromatic heterocycles. The van der Waals surface area contributed by atoms with E-state index in [-0.39, 0.29) is 0 Å². The van der Waals surface area contributed by atoms with Crippen molar-refractivity contribution in [1.82, 2.24) is 15.2 Å². The second-order valence-electron chi connectivity index (χ2n) is 7.06. The number of ether oxygens (including phenoxy) is 1. The maximum absolute atomic E-state index is 5.21. The van der Waals surface area contributed by atoms with Gasteiger partial charge in [-0.15, -0.1) is 0 Å².